The smallest absolute Gasteiger partial charge is 0.169 e. The van der Waals surface area contributed by atoms with Gasteiger partial charge in [-0.1, -0.05) is 51.1 Å². The fourth-order valence-corrected chi connectivity index (χ4v) is 2.48. The predicted molar refractivity (Wildman–Crippen MR) is 87.8 cm³/mol. The normalized spacial score (nSPS) is 13.4. The lowest BCUT2D eigenvalue weighted by Crippen LogP contribution is -2.44. The van der Waals surface area contributed by atoms with Gasteiger partial charge < -0.3 is 4.74 Å². The SMILES string of the molecule is CCC(C)N(CCOC)CC(C)(C)C(=O)c1ccccc1. The van der Waals surface area contributed by atoms with E-state index in [2.05, 4.69) is 18.7 Å². The molecule has 1 unspecified atom stereocenters. The van der Waals surface area contributed by atoms with Crippen LogP contribution in [0.15, 0.2) is 30.3 Å². The number of rotatable bonds is 9. The van der Waals surface area contributed by atoms with Gasteiger partial charge in [0.1, 0.15) is 0 Å². The van der Waals surface area contributed by atoms with E-state index in [1.165, 1.54) is 0 Å². The maximum absolute atomic E-state index is 12.7. The van der Waals surface area contributed by atoms with E-state index in [1.807, 2.05) is 44.2 Å². The molecule has 3 nitrogen and oxygen atoms in total. The number of ketones is 1. The van der Waals surface area contributed by atoms with Crippen molar-refractivity contribution in [2.24, 2.45) is 5.41 Å². The van der Waals surface area contributed by atoms with Gasteiger partial charge in [0.25, 0.3) is 0 Å². The molecule has 3 heteroatoms. The molecule has 0 saturated carbocycles. The monoisotopic (exact) mass is 291 g/mol. The molecule has 21 heavy (non-hydrogen) atoms. The third kappa shape index (κ3) is 5.25. The van der Waals surface area contributed by atoms with Gasteiger partial charge in [-0.15, -0.1) is 0 Å². The topological polar surface area (TPSA) is 29.5 Å². The Hall–Kier alpha value is -1.19. The first-order valence-electron chi connectivity index (χ1n) is 7.75. The summed E-state index contributed by atoms with van der Waals surface area (Å²) in [6.07, 6.45) is 1.07. The predicted octanol–water partition coefficient (Wildman–Crippen LogP) is 3.64. The summed E-state index contributed by atoms with van der Waals surface area (Å²) in [5, 5.41) is 0. The van der Waals surface area contributed by atoms with Crippen molar-refractivity contribution in [1.82, 2.24) is 4.90 Å². The summed E-state index contributed by atoms with van der Waals surface area (Å²) < 4.78 is 5.20. The number of ether oxygens (including phenoxy) is 1. The van der Waals surface area contributed by atoms with Crippen molar-refractivity contribution in [1.29, 1.82) is 0 Å². The maximum Gasteiger partial charge on any atom is 0.169 e. The van der Waals surface area contributed by atoms with Gasteiger partial charge in [0.05, 0.1) is 6.61 Å². The van der Waals surface area contributed by atoms with Crippen LogP contribution in [0.4, 0.5) is 0 Å². The summed E-state index contributed by atoms with van der Waals surface area (Å²) in [7, 11) is 1.72. The first kappa shape index (κ1) is 17.9. The molecule has 0 aliphatic heterocycles. The molecule has 0 heterocycles. The zero-order valence-electron chi connectivity index (χ0n) is 14.1. The van der Waals surface area contributed by atoms with E-state index in [0.717, 1.165) is 25.1 Å². The summed E-state index contributed by atoms with van der Waals surface area (Å²) in [4.78, 5) is 15.1. The quantitative estimate of drug-likeness (QED) is 0.651. The number of nitrogens with zero attached hydrogens (tertiary/aromatic N) is 1. The summed E-state index contributed by atoms with van der Waals surface area (Å²) in [6, 6.07) is 10.0. The van der Waals surface area contributed by atoms with Gasteiger partial charge in [-0.25, -0.2) is 0 Å². The number of Topliss-reactive ketones (excluding diaryl/α,β-unsaturated/α-hetero) is 1. The number of carbonyl (C=O) groups is 1. The van der Waals surface area contributed by atoms with Crippen LogP contribution in [-0.4, -0.2) is 43.5 Å². The zero-order valence-corrected chi connectivity index (χ0v) is 14.1. The molecular weight excluding hydrogens is 262 g/mol. The molecule has 0 radical (unpaired) electrons. The molecule has 0 aliphatic rings. The molecule has 1 aromatic carbocycles. The van der Waals surface area contributed by atoms with Crippen LogP contribution in [-0.2, 0) is 4.74 Å². The molecule has 1 atom stereocenters. The third-order valence-corrected chi connectivity index (χ3v) is 4.05. The average molecular weight is 291 g/mol. The maximum atomic E-state index is 12.7. The second kappa shape index (κ2) is 8.30. The lowest BCUT2D eigenvalue weighted by Gasteiger charge is -2.35. The van der Waals surface area contributed by atoms with Gasteiger partial charge in [0.15, 0.2) is 5.78 Å². The van der Waals surface area contributed by atoms with E-state index in [4.69, 9.17) is 4.74 Å². The fraction of sp³-hybridized carbons (Fsp3) is 0.611. The van der Waals surface area contributed by atoms with Crippen LogP contribution in [0.25, 0.3) is 0 Å². The minimum Gasteiger partial charge on any atom is -0.383 e. The molecular formula is C18H29NO2. The van der Waals surface area contributed by atoms with Gasteiger partial charge in [-0.3, -0.25) is 9.69 Å². The highest BCUT2D eigenvalue weighted by Crippen LogP contribution is 2.24. The van der Waals surface area contributed by atoms with Gasteiger partial charge in [0, 0.05) is 37.2 Å². The van der Waals surface area contributed by atoms with Crippen molar-refractivity contribution in [3.05, 3.63) is 35.9 Å². The van der Waals surface area contributed by atoms with E-state index >= 15 is 0 Å². The fourth-order valence-electron chi connectivity index (χ4n) is 2.48. The minimum atomic E-state index is -0.404. The first-order valence-corrected chi connectivity index (χ1v) is 7.75. The molecule has 0 amide bonds. The van der Waals surface area contributed by atoms with E-state index < -0.39 is 5.41 Å². The molecule has 1 aromatic rings. The molecule has 0 aromatic heterocycles. The average Bonchev–Trinajstić information content (AvgIpc) is 2.50. The molecule has 1 rings (SSSR count). The molecule has 118 valence electrons. The Morgan fingerprint density at radius 3 is 2.43 bits per heavy atom. The van der Waals surface area contributed by atoms with Crippen molar-refractivity contribution < 1.29 is 9.53 Å². The molecule has 0 saturated heterocycles. The number of carbonyl (C=O) groups excluding carboxylic acids is 1. The van der Waals surface area contributed by atoms with Crippen LogP contribution in [0.1, 0.15) is 44.5 Å². The largest absolute Gasteiger partial charge is 0.383 e. The van der Waals surface area contributed by atoms with Crippen LogP contribution in [0.3, 0.4) is 0 Å². The zero-order chi connectivity index (χ0) is 15.9. The van der Waals surface area contributed by atoms with Crippen molar-refractivity contribution in [3.8, 4) is 0 Å². The second-order valence-corrected chi connectivity index (χ2v) is 6.30. The Kier molecular flexibility index (Phi) is 7.06. The molecule has 0 aliphatic carbocycles. The van der Waals surface area contributed by atoms with Crippen molar-refractivity contribution in [3.63, 3.8) is 0 Å². The standard InChI is InChI=1S/C18H29NO2/c1-6-15(2)19(12-13-21-5)14-18(3,4)17(20)16-10-8-7-9-11-16/h7-11,15H,6,12-14H2,1-5H3. The van der Waals surface area contributed by atoms with Crippen LogP contribution in [0.2, 0.25) is 0 Å². The second-order valence-electron chi connectivity index (χ2n) is 6.30. The van der Waals surface area contributed by atoms with Crippen molar-refractivity contribution in [2.45, 2.75) is 40.2 Å². The molecule has 0 fully saturated rings. The van der Waals surface area contributed by atoms with Crippen LogP contribution >= 0.6 is 0 Å². The Morgan fingerprint density at radius 2 is 1.90 bits per heavy atom. The number of methoxy groups -OCH3 is 1. The highest BCUT2D eigenvalue weighted by atomic mass is 16.5. The van der Waals surface area contributed by atoms with Gasteiger partial charge in [0.2, 0.25) is 0 Å². The molecule has 0 bridgehead atoms. The summed E-state index contributed by atoms with van der Waals surface area (Å²) in [5.74, 6) is 0.203. The van der Waals surface area contributed by atoms with Gasteiger partial charge >= 0.3 is 0 Å². The Labute approximate surface area is 129 Å². The Bertz CT molecular complexity index is 428. The van der Waals surface area contributed by atoms with Crippen LogP contribution in [0.5, 0.6) is 0 Å². The van der Waals surface area contributed by atoms with E-state index in [1.54, 1.807) is 7.11 Å². The van der Waals surface area contributed by atoms with E-state index in [9.17, 15) is 4.79 Å². The summed E-state index contributed by atoms with van der Waals surface area (Å²) >= 11 is 0. The van der Waals surface area contributed by atoms with Gasteiger partial charge in [-0.05, 0) is 13.3 Å². The van der Waals surface area contributed by atoms with Gasteiger partial charge in [-0.2, -0.15) is 0 Å². The van der Waals surface area contributed by atoms with Crippen LogP contribution in [0, 0.1) is 5.41 Å². The summed E-state index contributed by atoms with van der Waals surface area (Å²) in [5.41, 5.74) is 0.386. The molecule has 0 spiro atoms. The number of benzene rings is 1. The lowest BCUT2D eigenvalue weighted by molar-refractivity contribution is 0.0643. The summed E-state index contributed by atoms with van der Waals surface area (Å²) in [6.45, 7) is 10.8. The number of hydrogen-bond acceptors (Lipinski definition) is 3. The minimum absolute atomic E-state index is 0.203. The lowest BCUT2D eigenvalue weighted by atomic mass is 9.83. The Balaban J connectivity index is 2.82. The molecule has 0 N–H and O–H groups in total. The Morgan fingerprint density at radius 1 is 1.29 bits per heavy atom. The van der Waals surface area contributed by atoms with Crippen LogP contribution < -0.4 is 0 Å². The highest BCUT2D eigenvalue weighted by Gasteiger charge is 2.31. The highest BCUT2D eigenvalue weighted by molar-refractivity contribution is 6.00. The van der Waals surface area contributed by atoms with Crippen molar-refractivity contribution >= 4 is 5.78 Å². The first-order chi connectivity index (χ1) is 9.92. The van der Waals surface area contributed by atoms with Crippen molar-refractivity contribution in [2.75, 3.05) is 26.8 Å². The number of hydrogen-bond donors (Lipinski definition) is 0. The third-order valence-electron chi connectivity index (χ3n) is 4.05. The van der Waals surface area contributed by atoms with E-state index in [0.29, 0.717) is 12.6 Å². The van der Waals surface area contributed by atoms with E-state index in [-0.39, 0.29) is 5.78 Å².